The van der Waals surface area contributed by atoms with Gasteiger partial charge in [0, 0.05) is 38.1 Å². The van der Waals surface area contributed by atoms with Crippen LogP contribution in [0.4, 0.5) is 16.2 Å². The average Bonchev–Trinajstić information content (AvgIpc) is 3.54. The zero-order valence-electron chi connectivity index (χ0n) is 26.8. The molecule has 0 atom stereocenters. The van der Waals surface area contributed by atoms with Crippen LogP contribution in [0.3, 0.4) is 0 Å². The molecule has 246 valence electrons. The molecule has 4 aromatic rings. The van der Waals surface area contributed by atoms with Crippen LogP contribution in [0.25, 0.3) is 17.2 Å². The molecule has 0 spiro atoms. The van der Waals surface area contributed by atoms with Gasteiger partial charge in [0.2, 0.25) is 5.91 Å². The molecule has 2 amide bonds. The molecule has 11 heteroatoms. The predicted octanol–water partition coefficient (Wildman–Crippen LogP) is 6.27. The summed E-state index contributed by atoms with van der Waals surface area (Å²) in [6, 6.07) is 23.5. The summed E-state index contributed by atoms with van der Waals surface area (Å²) in [7, 11) is -3.88. The van der Waals surface area contributed by atoms with E-state index in [9.17, 15) is 18.0 Å². The van der Waals surface area contributed by atoms with Crippen LogP contribution in [-0.4, -0.2) is 67.7 Å². The zero-order chi connectivity index (χ0) is 33.4. The molecule has 1 saturated heterocycles. The number of para-hydroxylation sites is 2. The lowest BCUT2D eigenvalue weighted by atomic mass is 10.0. The van der Waals surface area contributed by atoms with Crippen molar-refractivity contribution in [2.24, 2.45) is 0 Å². The molecule has 0 bridgehead atoms. The molecule has 0 radical (unpaired) electrons. The second kappa shape index (κ2) is 14.8. The fraction of sp³-hybridized carbons (Fsp3) is 0.278. The minimum atomic E-state index is -3.88. The van der Waals surface area contributed by atoms with Gasteiger partial charge in [-0.15, -0.1) is 0 Å². The molecule has 47 heavy (non-hydrogen) atoms. The smallest absolute Gasteiger partial charge is 0.412 e. The number of aromatic nitrogens is 1. The molecular weight excluding hydrogens is 616 g/mol. The molecular formula is C36H40N4O6S. The van der Waals surface area contributed by atoms with E-state index in [1.807, 2.05) is 18.2 Å². The lowest BCUT2D eigenvalue weighted by Gasteiger charge is -2.26. The maximum Gasteiger partial charge on any atom is 0.412 e. The van der Waals surface area contributed by atoms with Crippen LogP contribution < -0.4 is 10.6 Å². The first-order valence-electron chi connectivity index (χ1n) is 15.5. The third kappa shape index (κ3) is 9.41. The quantitative estimate of drug-likeness (QED) is 0.193. The molecule has 5 rings (SSSR count). The van der Waals surface area contributed by atoms with Crippen molar-refractivity contribution < 1.29 is 27.5 Å². The molecule has 3 aromatic carbocycles. The largest absolute Gasteiger partial charge is 0.444 e. The van der Waals surface area contributed by atoms with Crippen LogP contribution in [0.2, 0.25) is 0 Å². The Balaban J connectivity index is 1.21. The van der Waals surface area contributed by atoms with Crippen molar-refractivity contribution in [2.45, 2.75) is 37.7 Å². The van der Waals surface area contributed by atoms with Crippen LogP contribution in [0.1, 0.15) is 31.9 Å². The molecule has 2 N–H and O–H groups in total. The van der Waals surface area contributed by atoms with E-state index in [0.29, 0.717) is 16.9 Å². The van der Waals surface area contributed by atoms with Crippen LogP contribution in [-0.2, 0) is 30.7 Å². The highest BCUT2D eigenvalue weighted by molar-refractivity contribution is 7.90. The number of nitrogens with one attached hydrogen (secondary N) is 2. The Labute approximate surface area is 276 Å². The van der Waals surface area contributed by atoms with Crippen LogP contribution in [0.5, 0.6) is 0 Å². The van der Waals surface area contributed by atoms with Crippen molar-refractivity contribution in [1.29, 1.82) is 0 Å². The van der Waals surface area contributed by atoms with Gasteiger partial charge in [0.25, 0.3) is 10.0 Å². The minimum Gasteiger partial charge on any atom is -0.444 e. The Kier molecular flexibility index (Phi) is 10.6. The zero-order valence-corrected chi connectivity index (χ0v) is 27.6. The highest BCUT2D eigenvalue weighted by Gasteiger charge is 2.19. The van der Waals surface area contributed by atoms with Crippen molar-refractivity contribution in [1.82, 2.24) is 8.87 Å². The topological polar surface area (TPSA) is 119 Å². The van der Waals surface area contributed by atoms with Gasteiger partial charge in [-0.25, -0.2) is 17.2 Å². The Hall–Kier alpha value is -4.71. The third-order valence-electron chi connectivity index (χ3n) is 7.46. The lowest BCUT2D eigenvalue weighted by Crippen LogP contribution is -2.37. The van der Waals surface area contributed by atoms with Gasteiger partial charge in [-0.1, -0.05) is 48.5 Å². The standard InChI is InChI=1S/C36H40N4O6S/c1-36(2,3)46-35(42)38-33-10-5-4-9-32(33)37-34(41)16-13-28-18-20-40(26-28)47(43,44)31-8-6-7-30(25-31)29-14-11-27(12-15-29)17-19-39-21-23-45-24-22-39/h4-16,18,20,25-26H,17,19,21-24H2,1-3H3,(H,37,41)(H,38,42). The minimum absolute atomic E-state index is 0.157. The summed E-state index contributed by atoms with van der Waals surface area (Å²) in [5.41, 5.74) is 3.57. The number of carbonyl (C=O) groups excluding carboxylic acids is 2. The number of amides is 2. The number of benzene rings is 3. The van der Waals surface area contributed by atoms with Gasteiger partial charge < -0.3 is 14.8 Å². The number of carbonyl (C=O) groups is 2. The summed E-state index contributed by atoms with van der Waals surface area (Å²) >= 11 is 0. The molecule has 1 aliphatic heterocycles. The van der Waals surface area contributed by atoms with E-state index in [1.54, 1.807) is 69.3 Å². The van der Waals surface area contributed by atoms with Crippen molar-refractivity contribution in [3.63, 3.8) is 0 Å². The number of ether oxygens (including phenoxy) is 2. The van der Waals surface area contributed by atoms with Gasteiger partial charge >= 0.3 is 6.09 Å². The number of nitrogens with zero attached hydrogens (tertiary/aromatic N) is 2. The normalized spacial score (nSPS) is 14.2. The number of hydrogen-bond acceptors (Lipinski definition) is 7. The molecule has 0 unspecified atom stereocenters. The van der Waals surface area contributed by atoms with Gasteiger partial charge in [0.05, 0.1) is 29.5 Å². The first kappa shape index (κ1) is 33.6. The van der Waals surface area contributed by atoms with Gasteiger partial charge in [0.1, 0.15) is 5.60 Å². The summed E-state index contributed by atoms with van der Waals surface area (Å²) < 4.78 is 38.9. The SMILES string of the molecule is CC(C)(C)OC(=O)Nc1ccccc1NC(=O)C=Cc1ccn(S(=O)(=O)c2cccc(-c3ccc(CCN4CCOCC4)cc3)c2)c1. The van der Waals surface area contributed by atoms with Crippen molar-refractivity contribution in [2.75, 3.05) is 43.5 Å². The summed E-state index contributed by atoms with van der Waals surface area (Å²) in [6.45, 7) is 9.74. The highest BCUT2D eigenvalue weighted by Crippen LogP contribution is 2.26. The highest BCUT2D eigenvalue weighted by atomic mass is 32.2. The monoisotopic (exact) mass is 656 g/mol. The van der Waals surface area contributed by atoms with Crippen molar-refractivity contribution >= 4 is 39.5 Å². The van der Waals surface area contributed by atoms with E-state index in [2.05, 4.69) is 27.7 Å². The fourth-order valence-corrected chi connectivity index (χ4v) is 6.29. The van der Waals surface area contributed by atoms with E-state index in [1.165, 1.54) is 30.1 Å². The van der Waals surface area contributed by atoms with Crippen molar-refractivity contribution in [3.8, 4) is 11.1 Å². The van der Waals surface area contributed by atoms with E-state index < -0.39 is 27.6 Å². The summed E-state index contributed by atoms with van der Waals surface area (Å²) in [5, 5.41) is 5.37. The molecule has 1 aliphatic rings. The number of anilines is 2. The van der Waals surface area contributed by atoms with Crippen molar-refractivity contribution in [3.05, 3.63) is 108 Å². The Bertz CT molecular complexity index is 1840. The Morgan fingerprint density at radius 1 is 0.894 bits per heavy atom. The van der Waals surface area contributed by atoms with E-state index in [4.69, 9.17) is 9.47 Å². The van der Waals surface area contributed by atoms with Crippen LogP contribution in [0.15, 0.2) is 102 Å². The maximum absolute atomic E-state index is 13.5. The summed E-state index contributed by atoms with van der Waals surface area (Å²) in [6.07, 6.45) is 6.01. The van der Waals surface area contributed by atoms with Gasteiger partial charge in [-0.2, -0.15) is 0 Å². The Morgan fingerprint density at radius 3 is 2.30 bits per heavy atom. The van der Waals surface area contributed by atoms with Gasteiger partial charge in [0.15, 0.2) is 0 Å². The number of morpholine rings is 1. The first-order chi connectivity index (χ1) is 22.5. The molecule has 0 saturated carbocycles. The Morgan fingerprint density at radius 2 is 1.60 bits per heavy atom. The molecule has 1 fully saturated rings. The van der Waals surface area contributed by atoms with Gasteiger partial charge in [-0.3, -0.25) is 15.0 Å². The molecule has 2 heterocycles. The summed E-state index contributed by atoms with van der Waals surface area (Å²) in [4.78, 5) is 27.5. The summed E-state index contributed by atoms with van der Waals surface area (Å²) in [5.74, 6) is -0.459. The molecule has 1 aromatic heterocycles. The third-order valence-corrected chi connectivity index (χ3v) is 9.09. The predicted molar refractivity (Wildman–Crippen MR) is 184 cm³/mol. The van der Waals surface area contributed by atoms with Crippen LogP contribution >= 0.6 is 0 Å². The van der Waals surface area contributed by atoms with E-state index in [-0.39, 0.29) is 4.90 Å². The lowest BCUT2D eigenvalue weighted by molar-refractivity contribution is -0.111. The molecule has 10 nitrogen and oxygen atoms in total. The van der Waals surface area contributed by atoms with E-state index >= 15 is 0 Å². The second-order valence-electron chi connectivity index (χ2n) is 12.2. The van der Waals surface area contributed by atoms with E-state index in [0.717, 1.165) is 54.4 Å². The van der Waals surface area contributed by atoms with Crippen LogP contribution in [0, 0.1) is 0 Å². The van der Waals surface area contributed by atoms with Gasteiger partial charge in [-0.05, 0) is 85.9 Å². The average molecular weight is 657 g/mol. The number of rotatable bonds is 10. The molecule has 0 aliphatic carbocycles. The fourth-order valence-electron chi connectivity index (χ4n) is 5.04. The first-order valence-corrected chi connectivity index (χ1v) is 16.9. The second-order valence-corrected chi connectivity index (χ2v) is 14.0. The number of hydrogen-bond donors (Lipinski definition) is 2. The maximum atomic E-state index is 13.5.